The highest BCUT2D eigenvalue weighted by molar-refractivity contribution is 5.83. The van der Waals surface area contributed by atoms with Crippen LogP contribution in [-0.2, 0) is 11.8 Å². The average molecular weight is 271 g/mol. The van der Waals surface area contributed by atoms with E-state index in [9.17, 15) is 0 Å². The predicted octanol–water partition coefficient (Wildman–Crippen LogP) is 4.70. The van der Waals surface area contributed by atoms with Gasteiger partial charge in [0.1, 0.15) is 11.3 Å². The summed E-state index contributed by atoms with van der Waals surface area (Å²) in [6.45, 7) is 8.92. The van der Waals surface area contributed by atoms with Crippen molar-refractivity contribution in [2.24, 2.45) is 11.7 Å². The smallest absolute Gasteiger partial charge is 0.138 e. The molecule has 1 aliphatic carbocycles. The Balaban J connectivity index is 2.15. The second kappa shape index (κ2) is 4.63. The molecule has 0 aliphatic heterocycles. The van der Waals surface area contributed by atoms with Crippen molar-refractivity contribution in [1.29, 1.82) is 0 Å². The van der Waals surface area contributed by atoms with E-state index in [1.54, 1.807) is 0 Å². The first kappa shape index (κ1) is 13.7. The molecule has 1 saturated carbocycles. The molecule has 0 bridgehead atoms. The SMILES string of the molecule is CCc1cc(C(C)(C)C)c2oc(C(N)C3CC3)cc2c1. The molecule has 2 aromatic rings. The second-order valence-electron chi connectivity index (χ2n) is 7.18. The Hall–Kier alpha value is -1.28. The summed E-state index contributed by atoms with van der Waals surface area (Å²) in [5, 5.41) is 1.21. The molecule has 0 amide bonds. The van der Waals surface area contributed by atoms with Gasteiger partial charge in [0.2, 0.25) is 0 Å². The van der Waals surface area contributed by atoms with Gasteiger partial charge >= 0.3 is 0 Å². The maximum atomic E-state index is 6.30. The Morgan fingerprint density at radius 1 is 1.25 bits per heavy atom. The highest BCUT2D eigenvalue weighted by atomic mass is 16.3. The van der Waals surface area contributed by atoms with Crippen LogP contribution < -0.4 is 5.73 Å². The second-order valence-corrected chi connectivity index (χ2v) is 7.18. The normalized spacial score (nSPS) is 17.6. The van der Waals surface area contributed by atoms with Crippen LogP contribution in [0.3, 0.4) is 0 Å². The quantitative estimate of drug-likeness (QED) is 0.878. The van der Waals surface area contributed by atoms with Gasteiger partial charge in [0, 0.05) is 10.9 Å². The molecule has 1 aromatic carbocycles. The number of fused-ring (bicyclic) bond motifs is 1. The molecule has 2 nitrogen and oxygen atoms in total. The Morgan fingerprint density at radius 3 is 2.50 bits per heavy atom. The highest BCUT2D eigenvalue weighted by Crippen LogP contribution is 2.42. The molecule has 1 fully saturated rings. The van der Waals surface area contributed by atoms with Gasteiger partial charge in [0.05, 0.1) is 6.04 Å². The third-order valence-electron chi connectivity index (χ3n) is 4.37. The lowest BCUT2D eigenvalue weighted by atomic mass is 9.85. The third-order valence-corrected chi connectivity index (χ3v) is 4.37. The molecule has 108 valence electrons. The Morgan fingerprint density at radius 2 is 1.95 bits per heavy atom. The number of hydrogen-bond acceptors (Lipinski definition) is 2. The highest BCUT2D eigenvalue weighted by Gasteiger charge is 2.32. The van der Waals surface area contributed by atoms with Crippen molar-refractivity contribution in [2.75, 3.05) is 0 Å². The molecule has 1 unspecified atom stereocenters. The summed E-state index contributed by atoms with van der Waals surface area (Å²) in [5.41, 5.74) is 10.1. The van der Waals surface area contributed by atoms with Gasteiger partial charge in [-0.2, -0.15) is 0 Å². The number of rotatable bonds is 3. The van der Waals surface area contributed by atoms with E-state index in [1.165, 1.54) is 29.4 Å². The van der Waals surface area contributed by atoms with Crippen molar-refractivity contribution in [3.63, 3.8) is 0 Å². The zero-order valence-electron chi connectivity index (χ0n) is 13.0. The lowest BCUT2D eigenvalue weighted by molar-refractivity contribution is 0.460. The van der Waals surface area contributed by atoms with Crippen LogP contribution in [0.2, 0.25) is 0 Å². The predicted molar refractivity (Wildman–Crippen MR) is 83.9 cm³/mol. The summed E-state index contributed by atoms with van der Waals surface area (Å²) < 4.78 is 6.16. The largest absolute Gasteiger partial charge is 0.459 e. The minimum absolute atomic E-state index is 0.0697. The summed E-state index contributed by atoms with van der Waals surface area (Å²) in [7, 11) is 0. The minimum atomic E-state index is 0.0697. The van der Waals surface area contributed by atoms with Crippen LogP contribution in [0.1, 0.15) is 63.5 Å². The molecule has 0 radical (unpaired) electrons. The number of benzene rings is 1. The van der Waals surface area contributed by atoms with Crippen LogP contribution in [0.25, 0.3) is 11.0 Å². The summed E-state index contributed by atoms with van der Waals surface area (Å²) in [6.07, 6.45) is 3.53. The van der Waals surface area contributed by atoms with Crippen molar-refractivity contribution in [3.05, 3.63) is 35.1 Å². The van der Waals surface area contributed by atoms with Gasteiger partial charge in [-0.05, 0) is 48.3 Å². The topological polar surface area (TPSA) is 39.2 Å². The number of furan rings is 1. The van der Waals surface area contributed by atoms with Crippen LogP contribution in [0, 0.1) is 5.92 Å². The molecule has 2 N–H and O–H groups in total. The van der Waals surface area contributed by atoms with E-state index >= 15 is 0 Å². The van der Waals surface area contributed by atoms with Gasteiger partial charge in [0.25, 0.3) is 0 Å². The van der Waals surface area contributed by atoms with Gasteiger partial charge in [0.15, 0.2) is 0 Å². The lowest BCUT2D eigenvalue weighted by Gasteiger charge is -2.20. The van der Waals surface area contributed by atoms with Crippen LogP contribution in [0.4, 0.5) is 0 Å². The molecule has 3 rings (SSSR count). The third kappa shape index (κ3) is 2.37. The molecule has 2 heteroatoms. The van der Waals surface area contributed by atoms with Crippen molar-refractivity contribution >= 4 is 11.0 Å². The Bertz CT molecular complexity index is 629. The molecule has 1 aromatic heterocycles. The number of aryl methyl sites for hydroxylation is 1. The van der Waals surface area contributed by atoms with E-state index in [-0.39, 0.29) is 11.5 Å². The Labute approximate surface area is 121 Å². The number of nitrogens with two attached hydrogens (primary N) is 1. The fraction of sp³-hybridized carbons (Fsp3) is 0.556. The lowest BCUT2D eigenvalue weighted by Crippen LogP contribution is -2.12. The van der Waals surface area contributed by atoms with Crippen LogP contribution in [0.5, 0.6) is 0 Å². The summed E-state index contributed by atoms with van der Waals surface area (Å²) >= 11 is 0. The maximum Gasteiger partial charge on any atom is 0.138 e. The molecule has 0 saturated heterocycles. The first-order chi connectivity index (χ1) is 9.40. The standard InChI is InChI=1S/C18H25NO/c1-5-11-8-13-10-15(16(19)12-6-7-12)20-17(13)14(9-11)18(2,3)4/h8-10,12,16H,5-7,19H2,1-4H3. The first-order valence-corrected chi connectivity index (χ1v) is 7.72. The van der Waals surface area contributed by atoms with E-state index in [0.29, 0.717) is 5.92 Å². The summed E-state index contributed by atoms with van der Waals surface area (Å²) in [5.74, 6) is 1.58. The molecule has 0 spiro atoms. The Kier molecular flexibility index (Phi) is 3.17. The van der Waals surface area contributed by atoms with Crippen molar-refractivity contribution < 1.29 is 4.42 Å². The maximum absolute atomic E-state index is 6.30. The van der Waals surface area contributed by atoms with Crippen LogP contribution >= 0.6 is 0 Å². The van der Waals surface area contributed by atoms with Gasteiger partial charge in [-0.3, -0.25) is 0 Å². The molecule has 1 atom stereocenters. The van der Waals surface area contributed by atoms with E-state index in [4.69, 9.17) is 10.2 Å². The van der Waals surface area contributed by atoms with E-state index in [0.717, 1.165) is 17.8 Å². The fourth-order valence-corrected chi connectivity index (χ4v) is 2.85. The average Bonchev–Trinajstić information content (AvgIpc) is 3.14. The molecule has 1 heterocycles. The van der Waals surface area contributed by atoms with Crippen molar-refractivity contribution in [2.45, 2.75) is 58.4 Å². The fourth-order valence-electron chi connectivity index (χ4n) is 2.85. The molecule has 1 aliphatic rings. The van der Waals surface area contributed by atoms with Gasteiger partial charge in [-0.15, -0.1) is 0 Å². The molecular weight excluding hydrogens is 246 g/mol. The summed E-state index contributed by atoms with van der Waals surface area (Å²) in [6, 6.07) is 6.77. The summed E-state index contributed by atoms with van der Waals surface area (Å²) in [4.78, 5) is 0. The van der Waals surface area contributed by atoms with Crippen molar-refractivity contribution in [3.8, 4) is 0 Å². The minimum Gasteiger partial charge on any atom is -0.459 e. The van der Waals surface area contributed by atoms with E-state index < -0.39 is 0 Å². The van der Waals surface area contributed by atoms with Gasteiger partial charge in [-0.1, -0.05) is 33.8 Å². The monoisotopic (exact) mass is 271 g/mol. The van der Waals surface area contributed by atoms with Gasteiger partial charge in [-0.25, -0.2) is 0 Å². The van der Waals surface area contributed by atoms with Crippen LogP contribution in [0.15, 0.2) is 22.6 Å². The molecule has 20 heavy (non-hydrogen) atoms. The van der Waals surface area contributed by atoms with E-state index in [1.807, 2.05) is 0 Å². The van der Waals surface area contributed by atoms with Crippen molar-refractivity contribution in [1.82, 2.24) is 0 Å². The van der Waals surface area contributed by atoms with Gasteiger partial charge < -0.3 is 10.2 Å². The van der Waals surface area contributed by atoms with Crippen LogP contribution in [-0.4, -0.2) is 0 Å². The number of hydrogen-bond donors (Lipinski definition) is 1. The van der Waals surface area contributed by atoms with E-state index in [2.05, 4.69) is 45.9 Å². The zero-order chi connectivity index (χ0) is 14.5. The first-order valence-electron chi connectivity index (χ1n) is 7.72. The molecular formula is C18H25NO. The zero-order valence-corrected chi connectivity index (χ0v) is 13.0.